The normalized spacial score (nSPS) is 16.2. The molecule has 1 aliphatic rings. The Morgan fingerprint density at radius 3 is 2.28 bits per heavy atom. The summed E-state index contributed by atoms with van der Waals surface area (Å²) in [6.07, 6.45) is 5.00. The van der Waals surface area contributed by atoms with Crippen molar-refractivity contribution in [3.05, 3.63) is 65.7 Å². The zero-order chi connectivity index (χ0) is 20.6. The fraction of sp³-hybridized carbons (Fsp3) is 0.417. The van der Waals surface area contributed by atoms with E-state index < -0.39 is 12.0 Å². The summed E-state index contributed by atoms with van der Waals surface area (Å²) < 4.78 is 5.97. The van der Waals surface area contributed by atoms with Crippen LogP contribution in [-0.4, -0.2) is 23.1 Å². The van der Waals surface area contributed by atoms with Gasteiger partial charge in [0.05, 0.1) is 18.6 Å². The lowest BCUT2D eigenvalue weighted by Crippen LogP contribution is -2.30. The zero-order valence-corrected chi connectivity index (χ0v) is 16.8. The molecule has 2 aromatic rings. The van der Waals surface area contributed by atoms with Crippen molar-refractivity contribution in [3.63, 3.8) is 0 Å². The van der Waals surface area contributed by atoms with E-state index in [-0.39, 0.29) is 24.3 Å². The number of ether oxygens (including phenoxy) is 1. The molecule has 0 heterocycles. The highest BCUT2D eigenvalue weighted by Gasteiger charge is 2.21. The van der Waals surface area contributed by atoms with Crippen molar-refractivity contribution in [2.24, 2.45) is 0 Å². The van der Waals surface area contributed by atoms with Gasteiger partial charge >= 0.3 is 5.97 Å². The van der Waals surface area contributed by atoms with E-state index in [0.29, 0.717) is 6.42 Å². The minimum atomic E-state index is -0.947. The molecule has 2 aromatic carbocycles. The summed E-state index contributed by atoms with van der Waals surface area (Å²) in [6, 6.07) is 16.7. The summed E-state index contributed by atoms with van der Waals surface area (Å²) in [5.41, 5.74) is 1.86. The fourth-order valence-electron chi connectivity index (χ4n) is 3.83. The summed E-state index contributed by atoms with van der Waals surface area (Å²) >= 11 is 0. The molecule has 0 radical (unpaired) electrons. The van der Waals surface area contributed by atoms with Gasteiger partial charge in [0, 0.05) is 6.42 Å². The van der Waals surface area contributed by atoms with Crippen molar-refractivity contribution in [2.75, 3.05) is 0 Å². The van der Waals surface area contributed by atoms with E-state index in [9.17, 15) is 14.7 Å². The lowest BCUT2D eigenvalue weighted by Gasteiger charge is -2.20. The Bertz CT molecular complexity index is 797. The van der Waals surface area contributed by atoms with E-state index >= 15 is 0 Å². The maximum Gasteiger partial charge on any atom is 0.305 e. The second kappa shape index (κ2) is 10.1. The van der Waals surface area contributed by atoms with Crippen LogP contribution >= 0.6 is 0 Å². The lowest BCUT2D eigenvalue weighted by atomic mass is 9.96. The first-order valence-corrected chi connectivity index (χ1v) is 10.3. The van der Waals surface area contributed by atoms with E-state index in [2.05, 4.69) is 5.32 Å². The van der Waals surface area contributed by atoms with Gasteiger partial charge in [-0.25, -0.2) is 0 Å². The van der Waals surface area contributed by atoms with Crippen LogP contribution in [0.25, 0.3) is 0 Å². The number of carbonyl (C=O) groups excluding carboxylic acids is 1. The molecule has 5 heteroatoms. The van der Waals surface area contributed by atoms with E-state index in [1.165, 1.54) is 12.8 Å². The topological polar surface area (TPSA) is 75.6 Å². The van der Waals surface area contributed by atoms with Crippen LogP contribution in [0.15, 0.2) is 54.6 Å². The molecule has 1 amide bonds. The maximum atomic E-state index is 12.6. The van der Waals surface area contributed by atoms with E-state index in [0.717, 1.165) is 29.7 Å². The number of amides is 1. The van der Waals surface area contributed by atoms with Gasteiger partial charge in [0.25, 0.3) is 0 Å². The molecular weight excluding hydrogens is 366 g/mol. The van der Waals surface area contributed by atoms with Crippen LogP contribution in [0.3, 0.4) is 0 Å². The standard InChI is InChI=1S/C24H29NO4/c1-17(18-7-3-2-4-8-18)15-23(26)25-22(16-24(27)28)19-11-13-21(14-12-19)29-20-9-5-6-10-20/h2-4,7-8,11-14,17,20,22H,5-6,9-10,15-16H2,1H3,(H,25,26)(H,27,28)/t17-,22+/m1/s1. The third-order valence-electron chi connectivity index (χ3n) is 5.46. The largest absolute Gasteiger partial charge is 0.490 e. The number of aliphatic carboxylic acids is 1. The van der Waals surface area contributed by atoms with Gasteiger partial charge in [-0.2, -0.15) is 0 Å². The predicted molar refractivity (Wildman–Crippen MR) is 112 cm³/mol. The first kappa shape index (κ1) is 20.9. The van der Waals surface area contributed by atoms with Gasteiger partial charge in [-0.1, -0.05) is 49.4 Å². The Hall–Kier alpha value is -2.82. The van der Waals surface area contributed by atoms with Crippen molar-refractivity contribution >= 4 is 11.9 Å². The van der Waals surface area contributed by atoms with Gasteiger partial charge in [0.15, 0.2) is 0 Å². The van der Waals surface area contributed by atoms with Crippen LogP contribution < -0.4 is 10.1 Å². The molecule has 1 aliphatic carbocycles. The number of hydrogen-bond acceptors (Lipinski definition) is 3. The lowest BCUT2D eigenvalue weighted by molar-refractivity contribution is -0.137. The van der Waals surface area contributed by atoms with Crippen LogP contribution in [-0.2, 0) is 9.59 Å². The van der Waals surface area contributed by atoms with Crippen molar-refractivity contribution in [1.29, 1.82) is 0 Å². The first-order valence-electron chi connectivity index (χ1n) is 10.3. The van der Waals surface area contributed by atoms with Gasteiger partial charge in [0.2, 0.25) is 5.91 Å². The molecule has 0 saturated heterocycles. The summed E-state index contributed by atoms with van der Waals surface area (Å²) in [4.78, 5) is 23.9. The van der Waals surface area contributed by atoms with E-state index in [1.54, 1.807) is 0 Å². The minimum absolute atomic E-state index is 0.0591. The van der Waals surface area contributed by atoms with Crippen LogP contribution in [0.5, 0.6) is 5.75 Å². The zero-order valence-electron chi connectivity index (χ0n) is 16.8. The molecule has 0 bridgehead atoms. The smallest absolute Gasteiger partial charge is 0.305 e. The van der Waals surface area contributed by atoms with Gasteiger partial charge in [-0.05, 0) is 54.9 Å². The number of carboxylic acids is 1. The summed E-state index contributed by atoms with van der Waals surface area (Å²) in [5, 5.41) is 12.2. The molecule has 0 unspecified atom stereocenters. The molecular formula is C24H29NO4. The maximum absolute atomic E-state index is 12.6. The van der Waals surface area contributed by atoms with Crippen molar-refractivity contribution < 1.29 is 19.4 Å². The van der Waals surface area contributed by atoms with E-state index in [4.69, 9.17) is 4.74 Å². The SMILES string of the molecule is C[C@H](CC(=O)N[C@@H](CC(=O)O)c1ccc(OC2CCCC2)cc1)c1ccccc1. The van der Waals surface area contributed by atoms with Gasteiger partial charge in [-0.3, -0.25) is 9.59 Å². The summed E-state index contributed by atoms with van der Waals surface area (Å²) in [5.74, 6) is -0.251. The van der Waals surface area contributed by atoms with Gasteiger partial charge in [0.1, 0.15) is 5.75 Å². The quantitative estimate of drug-likeness (QED) is 0.637. The van der Waals surface area contributed by atoms with Crippen LogP contribution in [0.1, 0.15) is 68.5 Å². The molecule has 0 aliphatic heterocycles. The average Bonchev–Trinajstić information content (AvgIpc) is 3.21. The highest BCUT2D eigenvalue weighted by atomic mass is 16.5. The third kappa shape index (κ3) is 6.34. The second-order valence-electron chi connectivity index (χ2n) is 7.83. The number of nitrogens with one attached hydrogen (secondary N) is 1. The Balaban J connectivity index is 1.62. The number of carboxylic acid groups (broad SMARTS) is 1. The van der Waals surface area contributed by atoms with Crippen molar-refractivity contribution in [2.45, 2.75) is 63.5 Å². The molecule has 154 valence electrons. The number of rotatable bonds is 9. The Labute approximate surface area is 172 Å². The first-order chi connectivity index (χ1) is 14.0. The van der Waals surface area contributed by atoms with Gasteiger partial charge in [-0.15, -0.1) is 0 Å². The average molecular weight is 395 g/mol. The van der Waals surface area contributed by atoms with E-state index in [1.807, 2.05) is 61.5 Å². The number of carbonyl (C=O) groups is 2. The molecule has 1 saturated carbocycles. The summed E-state index contributed by atoms with van der Waals surface area (Å²) in [7, 11) is 0. The minimum Gasteiger partial charge on any atom is -0.490 e. The summed E-state index contributed by atoms with van der Waals surface area (Å²) in [6.45, 7) is 2.00. The van der Waals surface area contributed by atoms with Crippen LogP contribution in [0.4, 0.5) is 0 Å². The van der Waals surface area contributed by atoms with Crippen molar-refractivity contribution in [1.82, 2.24) is 5.32 Å². The molecule has 3 rings (SSSR count). The molecule has 0 spiro atoms. The highest BCUT2D eigenvalue weighted by Crippen LogP contribution is 2.26. The third-order valence-corrected chi connectivity index (χ3v) is 5.46. The molecule has 0 aromatic heterocycles. The molecule has 2 atom stereocenters. The Morgan fingerprint density at radius 1 is 1.00 bits per heavy atom. The Morgan fingerprint density at radius 2 is 1.66 bits per heavy atom. The fourth-order valence-corrected chi connectivity index (χ4v) is 3.83. The highest BCUT2D eigenvalue weighted by molar-refractivity contribution is 5.78. The molecule has 29 heavy (non-hydrogen) atoms. The molecule has 2 N–H and O–H groups in total. The Kier molecular flexibility index (Phi) is 7.28. The molecule has 1 fully saturated rings. The predicted octanol–water partition coefficient (Wildman–Crippen LogP) is 4.83. The number of benzene rings is 2. The second-order valence-corrected chi connectivity index (χ2v) is 7.83. The van der Waals surface area contributed by atoms with Crippen LogP contribution in [0.2, 0.25) is 0 Å². The monoisotopic (exact) mass is 395 g/mol. The van der Waals surface area contributed by atoms with Crippen LogP contribution in [0, 0.1) is 0 Å². The van der Waals surface area contributed by atoms with Crippen molar-refractivity contribution in [3.8, 4) is 5.75 Å². The number of hydrogen-bond donors (Lipinski definition) is 2. The van der Waals surface area contributed by atoms with Gasteiger partial charge < -0.3 is 15.2 Å². The molecule has 5 nitrogen and oxygen atoms in total.